The number of imidazole rings is 1. The molecule has 0 aliphatic heterocycles. The molecular formula is C7H11N2+. The van der Waals surface area contributed by atoms with Crippen LogP contribution in [0.25, 0.3) is 0 Å². The summed E-state index contributed by atoms with van der Waals surface area (Å²) in [6, 6.07) is 0. The first-order chi connectivity index (χ1) is 4.45. The molecule has 48 valence electrons. The van der Waals surface area contributed by atoms with Crippen LogP contribution in [0.1, 0.15) is 12.8 Å². The van der Waals surface area contributed by atoms with Crippen LogP contribution in [0.2, 0.25) is 0 Å². The lowest BCUT2D eigenvalue weighted by atomic mass is 10.4. The number of rotatable bonds is 2. The zero-order valence-corrected chi connectivity index (χ0v) is 5.38. The first-order valence-corrected chi connectivity index (χ1v) is 3.47. The van der Waals surface area contributed by atoms with Gasteiger partial charge in [0.1, 0.15) is 12.4 Å². The van der Waals surface area contributed by atoms with Gasteiger partial charge >= 0.3 is 0 Å². The second-order valence-electron chi connectivity index (χ2n) is 2.75. The van der Waals surface area contributed by atoms with Crippen molar-refractivity contribution in [3.8, 4) is 0 Å². The van der Waals surface area contributed by atoms with Gasteiger partial charge in [-0.2, -0.15) is 0 Å². The molecule has 1 aliphatic carbocycles. The van der Waals surface area contributed by atoms with Gasteiger partial charge in [-0.05, 0) is 18.8 Å². The highest BCUT2D eigenvalue weighted by molar-refractivity contribution is 4.69. The van der Waals surface area contributed by atoms with Crippen molar-refractivity contribution in [1.82, 2.24) is 4.98 Å². The Labute approximate surface area is 54.5 Å². The normalized spacial score (nSPS) is 18.2. The Bertz CT molecular complexity index is 175. The van der Waals surface area contributed by atoms with Crippen molar-refractivity contribution < 1.29 is 4.57 Å². The minimum absolute atomic E-state index is 0.978. The number of nitrogens with zero attached hydrogens (tertiary/aromatic N) is 1. The molecule has 2 nitrogen and oxygen atoms in total. The SMILES string of the molecule is c1c[n+](CC2CC2)c[nH]1. The minimum atomic E-state index is 0.978. The predicted octanol–water partition coefficient (Wildman–Crippen LogP) is 0.712. The minimum Gasteiger partial charge on any atom is -0.250 e. The van der Waals surface area contributed by atoms with E-state index in [0.29, 0.717) is 0 Å². The quantitative estimate of drug-likeness (QED) is 0.559. The van der Waals surface area contributed by atoms with Crippen molar-refractivity contribution in [2.24, 2.45) is 5.92 Å². The van der Waals surface area contributed by atoms with Gasteiger partial charge in [0, 0.05) is 0 Å². The molecule has 1 aromatic rings. The second kappa shape index (κ2) is 1.87. The van der Waals surface area contributed by atoms with E-state index in [9.17, 15) is 0 Å². The Hall–Kier alpha value is -0.790. The smallest absolute Gasteiger partial charge is 0.241 e. The lowest BCUT2D eigenvalue weighted by Gasteiger charge is -1.87. The topological polar surface area (TPSA) is 19.7 Å². The highest BCUT2D eigenvalue weighted by Crippen LogP contribution is 2.28. The summed E-state index contributed by atoms with van der Waals surface area (Å²) in [5.41, 5.74) is 0. The van der Waals surface area contributed by atoms with Gasteiger partial charge in [-0.1, -0.05) is 0 Å². The molecule has 1 N–H and O–H groups in total. The number of aromatic nitrogens is 2. The van der Waals surface area contributed by atoms with E-state index in [1.165, 1.54) is 19.4 Å². The Morgan fingerprint density at radius 3 is 3.00 bits per heavy atom. The first kappa shape index (κ1) is 5.03. The second-order valence-corrected chi connectivity index (χ2v) is 2.75. The molecule has 0 radical (unpaired) electrons. The van der Waals surface area contributed by atoms with E-state index < -0.39 is 0 Å². The highest BCUT2D eigenvalue weighted by atomic mass is 15.0. The van der Waals surface area contributed by atoms with Crippen LogP contribution in [0.4, 0.5) is 0 Å². The van der Waals surface area contributed by atoms with Crippen molar-refractivity contribution in [2.75, 3.05) is 0 Å². The molecule has 2 heteroatoms. The van der Waals surface area contributed by atoms with E-state index >= 15 is 0 Å². The molecule has 2 rings (SSSR count). The Morgan fingerprint density at radius 2 is 2.44 bits per heavy atom. The lowest BCUT2D eigenvalue weighted by Crippen LogP contribution is -2.31. The molecule has 1 heterocycles. The van der Waals surface area contributed by atoms with Gasteiger partial charge < -0.3 is 0 Å². The maximum atomic E-state index is 3.03. The van der Waals surface area contributed by atoms with Gasteiger partial charge in [0.25, 0.3) is 0 Å². The van der Waals surface area contributed by atoms with Crippen LogP contribution in [0.5, 0.6) is 0 Å². The van der Waals surface area contributed by atoms with Crippen LogP contribution < -0.4 is 4.57 Å². The molecule has 1 aliphatic rings. The van der Waals surface area contributed by atoms with E-state index in [-0.39, 0.29) is 0 Å². The highest BCUT2D eigenvalue weighted by Gasteiger charge is 2.23. The lowest BCUT2D eigenvalue weighted by molar-refractivity contribution is -0.698. The summed E-state index contributed by atoms with van der Waals surface area (Å²) in [4.78, 5) is 3.03. The molecule has 1 fully saturated rings. The van der Waals surface area contributed by atoms with Gasteiger partial charge in [0.2, 0.25) is 6.33 Å². The summed E-state index contributed by atoms with van der Waals surface area (Å²) in [5.74, 6) is 0.978. The van der Waals surface area contributed by atoms with Gasteiger partial charge in [0.05, 0.1) is 6.54 Å². The maximum Gasteiger partial charge on any atom is 0.241 e. The van der Waals surface area contributed by atoms with E-state index in [1.54, 1.807) is 0 Å². The Kier molecular flexibility index (Phi) is 1.04. The van der Waals surface area contributed by atoms with Gasteiger partial charge in [-0.3, -0.25) is 4.98 Å². The van der Waals surface area contributed by atoms with Crippen LogP contribution in [0.15, 0.2) is 18.7 Å². The van der Waals surface area contributed by atoms with Crippen LogP contribution >= 0.6 is 0 Å². The van der Waals surface area contributed by atoms with Crippen molar-refractivity contribution in [1.29, 1.82) is 0 Å². The molecule has 0 aromatic carbocycles. The first-order valence-electron chi connectivity index (χ1n) is 3.47. The van der Waals surface area contributed by atoms with E-state index in [2.05, 4.69) is 15.7 Å². The fraction of sp³-hybridized carbons (Fsp3) is 0.571. The number of aromatic amines is 1. The zero-order chi connectivity index (χ0) is 6.10. The molecule has 0 amide bonds. The third-order valence-electron chi connectivity index (χ3n) is 1.77. The predicted molar refractivity (Wildman–Crippen MR) is 33.7 cm³/mol. The molecule has 0 unspecified atom stereocenters. The third-order valence-corrected chi connectivity index (χ3v) is 1.77. The van der Waals surface area contributed by atoms with E-state index in [0.717, 1.165) is 5.92 Å². The summed E-state index contributed by atoms with van der Waals surface area (Å²) >= 11 is 0. The number of hydrogen-bond acceptors (Lipinski definition) is 0. The molecule has 0 saturated heterocycles. The van der Waals surface area contributed by atoms with Crippen LogP contribution in [0.3, 0.4) is 0 Å². The van der Waals surface area contributed by atoms with Crippen LogP contribution in [-0.4, -0.2) is 4.98 Å². The standard InChI is InChI=1S/C7H10N2/c1-2-7(1)5-9-4-3-8-6-9/h3-4,6-7H,1-2,5H2/p+1. The average molecular weight is 123 g/mol. The molecule has 1 saturated carbocycles. The third kappa shape index (κ3) is 1.12. The number of hydrogen-bond donors (Lipinski definition) is 1. The summed E-state index contributed by atoms with van der Waals surface area (Å²) in [5, 5.41) is 0. The van der Waals surface area contributed by atoms with Crippen molar-refractivity contribution in [3.05, 3.63) is 18.7 Å². The summed E-state index contributed by atoms with van der Waals surface area (Å²) in [6.45, 7) is 1.21. The monoisotopic (exact) mass is 123 g/mol. The summed E-state index contributed by atoms with van der Waals surface area (Å²) in [7, 11) is 0. The fourth-order valence-electron chi connectivity index (χ4n) is 1.03. The molecule has 0 spiro atoms. The summed E-state index contributed by atoms with van der Waals surface area (Å²) < 4.78 is 2.21. The van der Waals surface area contributed by atoms with Gasteiger partial charge in [-0.15, -0.1) is 0 Å². The van der Waals surface area contributed by atoms with Crippen molar-refractivity contribution >= 4 is 0 Å². The number of nitrogens with one attached hydrogen (secondary N) is 1. The van der Waals surface area contributed by atoms with Crippen LogP contribution in [-0.2, 0) is 6.54 Å². The Balaban J connectivity index is 1.99. The molecular weight excluding hydrogens is 112 g/mol. The molecule has 0 atom stereocenters. The van der Waals surface area contributed by atoms with Crippen molar-refractivity contribution in [3.63, 3.8) is 0 Å². The average Bonchev–Trinajstić information content (AvgIpc) is 2.46. The van der Waals surface area contributed by atoms with Gasteiger partial charge in [-0.25, -0.2) is 4.57 Å². The summed E-state index contributed by atoms with van der Waals surface area (Å²) in [6.07, 6.45) is 8.91. The van der Waals surface area contributed by atoms with Gasteiger partial charge in [0.15, 0.2) is 0 Å². The van der Waals surface area contributed by atoms with E-state index in [1.807, 2.05) is 12.5 Å². The largest absolute Gasteiger partial charge is 0.250 e. The molecule has 0 bridgehead atoms. The number of H-pyrrole nitrogens is 1. The Morgan fingerprint density at radius 1 is 1.56 bits per heavy atom. The zero-order valence-electron chi connectivity index (χ0n) is 5.38. The molecule has 1 aromatic heterocycles. The fourth-order valence-corrected chi connectivity index (χ4v) is 1.03. The maximum absolute atomic E-state index is 3.03. The van der Waals surface area contributed by atoms with Crippen molar-refractivity contribution in [2.45, 2.75) is 19.4 Å². The van der Waals surface area contributed by atoms with E-state index in [4.69, 9.17) is 0 Å². The van der Waals surface area contributed by atoms with Crippen LogP contribution in [0, 0.1) is 5.92 Å². The molecule has 9 heavy (non-hydrogen) atoms.